The number of nitrogens with zero attached hydrogens (tertiary/aromatic N) is 1. The normalized spacial score (nSPS) is 10.3. The summed E-state index contributed by atoms with van der Waals surface area (Å²) in [7, 11) is 3.20. The van der Waals surface area contributed by atoms with Gasteiger partial charge in [0.15, 0.2) is 5.75 Å². The van der Waals surface area contributed by atoms with Crippen molar-refractivity contribution in [2.24, 2.45) is 0 Å². The lowest BCUT2D eigenvalue weighted by Crippen LogP contribution is -2.26. The van der Waals surface area contributed by atoms with Crippen LogP contribution in [-0.2, 0) is 6.54 Å². The molecule has 0 fully saturated rings. The van der Waals surface area contributed by atoms with E-state index in [9.17, 15) is 15.0 Å². The van der Waals surface area contributed by atoms with Gasteiger partial charge in [0.1, 0.15) is 16.5 Å². The van der Waals surface area contributed by atoms with Crippen LogP contribution in [0.4, 0.5) is 0 Å². The first kappa shape index (κ1) is 16.0. The van der Waals surface area contributed by atoms with Gasteiger partial charge in [0.25, 0.3) is 5.91 Å². The first-order valence-corrected chi connectivity index (χ1v) is 6.90. The maximum absolute atomic E-state index is 12.4. The number of phenolic OH excluding ortho intramolecular Hbond substituents is 2. The summed E-state index contributed by atoms with van der Waals surface area (Å²) in [5.74, 6) is -0.349. The molecule has 0 saturated heterocycles. The number of ether oxygens (including phenoxy) is 1. The number of hydrogen-bond donors (Lipinski definition) is 2. The van der Waals surface area contributed by atoms with Crippen LogP contribution in [-0.4, -0.2) is 35.2 Å². The maximum atomic E-state index is 12.4. The Bertz CT molecular complexity index is 685. The first-order chi connectivity index (χ1) is 10.4. The van der Waals surface area contributed by atoms with Crippen molar-refractivity contribution in [3.8, 4) is 17.2 Å². The first-order valence-electron chi connectivity index (χ1n) is 6.53. The summed E-state index contributed by atoms with van der Waals surface area (Å²) in [5.41, 5.74) is 0.958. The predicted molar refractivity (Wildman–Crippen MR) is 83.6 cm³/mol. The molecule has 0 bridgehead atoms. The Morgan fingerprint density at radius 1 is 1.18 bits per heavy atom. The molecule has 0 heterocycles. The summed E-state index contributed by atoms with van der Waals surface area (Å²) in [6.07, 6.45) is 0. The van der Waals surface area contributed by atoms with Crippen molar-refractivity contribution in [3.63, 3.8) is 0 Å². The van der Waals surface area contributed by atoms with E-state index < -0.39 is 11.7 Å². The second kappa shape index (κ2) is 6.58. The number of halogens is 1. The molecular weight excluding hydrogens is 306 g/mol. The second-order valence-electron chi connectivity index (χ2n) is 4.80. The molecule has 0 aliphatic rings. The topological polar surface area (TPSA) is 70.0 Å². The van der Waals surface area contributed by atoms with E-state index in [2.05, 4.69) is 0 Å². The lowest BCUT2D eigenvalue weighted by Gasteiger charge is -2.18. The van der Waals surface area contributed by atoms with Crippen LogP contribution in [0.3, 0.4) is 0 Å². The van der Waals surface area contributed by atoms with E-state index in [0.717, 1.165) is 11.3 Å². The second-order valence-corrected chi connectivity index (χ2v) is 5.18. The van der Waals surface area contributed by atoms with Gasteiger partial charge < -0.3 is 19.8 Å². The van der Waals surface area contributed by atoms with E-state index in [0.29, 0.717) is 6.54 Å². The Labute approximate surface area is 133 Å². The molecule has 5 nitrogen and oxygen atoms in total. The van der Waals surface area contributed by atoms with Crippen LogP contribution in [0.1, 0.15) is 15.9 Å². The minimum atomic E-state index is -0.423. The van der Waals surface area contributed by atoms with Crippen LogP contribution in [0.5, 0.6) is 17.2 Å². The van der Waals surface area contributed by atoms with Crippen molar-refractivity contribution in [1.29, 1.82) is 0 Å². The molecule has 0 spiro atoms. The molecule has 0 saturated carbocycles. The highest BCUT2D eigenvalue weighted by atomic mass is 35.5. The Kier molecular flexibility index (Phi) is 4.78. The smallest absolute Gasteiger partial charge is 0.257 e. The SMILES string of the molecule is COc1ccc(CN(C)C(=O)c2ccc(O)c(Cl)c2O)cc1. The van der Waals surface area contributed by atoms with Gasteiger partial charge >= 0.3 is 0 Å². The lowest BCUT2D eigenvalue weighted by atomic mass is 10.1. The molecular formula is C16H16ClNO4. The van der Waals surface area contributed by atoms with Gasteiger partial charge in [-0.15, -0.1) is 0 Å². The third-order valence-corrected chi connectivity index (χ3v) is 3.62. The molecule has 2 N–H and O–H groups in total. The van der Waals surface area contributed by atoms with Gasteiger partial charge in [0, 0.05) is 13.6 Å². The summed E-state index contributed by atoms with van der Waals surface area (Å²) in [4.78, 5) is 13.8. The molecule has 1 amide bonds. The van der Waals surface area contributed by atoms with Crippen molar-refractivity contribution in [2.75, 3.05) is 14.2 Å². The lowest BCUT2D eigenvalue weighted by molar-refractivity contribution is 0.0782. The van der Waals surface area contributed by atoms with E-state index in [1.54, 1.807) is 14.2 Å². The van der Waals surface area contributed by atoms with Crippen LogP contribution in [0, 0.1) is 0 Å². The van der Waals surface area contributed by atoms with Crippen molar-refractivity contribution in [3.05, 3.63) is 52.5 Å². The van der Waals surface area contributed by atoms with Gasteiger partial charge in [0.2, 0.25) is 0 Å². The number of amides is 1. The van der Waals surface area contributed by atoms with Gasteiger partial charge in [-0.3, -0.25) is 4.79 Å². The number of carbonyl (C=O) groups excluding carboxylic acids is 1. The van der Waals surface area contributed by atoms with Crippen LogP contribution in [0.15, 0.2) is 36.4 Å². The van der Waals surface area contributed by atoms with E-state index in [1.165, 1.54) is 17.0 Å². The molecule has 0 unspecified atom stereocenters. The highest BCUT2D eigenvalue weighted by Crippen LogP contribution is 2.35. The van der Waals surface area contributed by atoms with Crippen molar-refractivity contribution in [2.45, 2.75) is 6.54 Å². The Morgan fingerprint density at radius 2 is 1.82 bits per heavy atom. The minimum Gasteiger partial charge on any atom is -0.506 e. The Balaban J connectivity index is 2.16. The fourth-order valence-corrected chi connectivity index (χ4v) is 2.17. The number of benzene rings is 2. The van der Waals surface area contributed by atoms with Crippen LogP contribution in [0.25, 0.3) is 0 Å². The maximum Gasteiger partial charge on any atom is 0.257 e. The standard InChI is InChI=1S/C16H16ClNO4/c1-18(9-10-3-5-11(22-2)6-4-10)16(21)12-7-8-13(19)14(17)15(12)20/h3-8,19-20H,9H2,1-2H3. The number of aromatic hydroxyl groups is 2. The van der Waals surface area contributed by atoms with E-state index >= 15 is 0 Å². The molecule has 6 heteroatoms. The molecule has 0 aliphatic heterocycles. The average molecular weight is 322 g/mol. The van der Waals surface area contributed by atoms with Gasteiger partial charge in [-0.1, -0.05) is 23.7 Å². The highest BCUT2D eigenvalue weighted by Gasteiger charge is 2.19. The monoisotopic (exact) mass is 321 g/mol. The van der Waals surface area contributed by atoms with Crippen LogP contribution < -0.4 is 4.74 Å². The predicted octanol–water partition coefficient (Wildman–Crippen LogP) is 3.03. The minimum absolute atomic E-state index is 0.0406. The van der Waals surface area contributed by atoms with Crippen molar-refractivity contribution >= 4 is 17.5 Å². The summed E-state index contributed by atoms with van der Waals surface area (Å²) in [5, 5.41) is 19.0. The molecule has 2 aromatic rings. The number of rotatable bonds is 4. The zero-order valence-corrected chi connectivity index (χ0v) is 13.0. The molecule has 0 aliphatic carbocycles. The molecule has 2 aromatic carbocycles. The Hall–Kier alpha value is -2.40. The molecule has 116 valence electrons. The molecule has 0 radical (unpaired) electrons. The summed E-state index contributed by atoms with van der Waals surface area (Å²) in [6.45, 7) is 0.362. The summed E-state index contributed by atoms with van der Waals surface area (Å²) in [6, 6.07) is 9.93. The van der Waals surface area contributed by atoms with Gasteiger partial charge in [0.05, 0.1) is 12.7 Å². The number of hydrogen-bond acceptors (Lipinski definition) is 4. The van der Waals surface area contributed by atoms with Gasteiger partial charge in [-0.25, -0.2) is 0 Å². The zero-order chi connectivity index (χ0) is 16.3. The van der Waals surface area contributed by atoms with Crippen LogP contribution >= 0.6 is 11.6 Å². The third kappa shape index (κ3) is 3.26. The van der Waals surface area contributed by atoms with E-state index in [-0.39, 0.29) is 16.3 Å². The van der Waals surface area contributed by atoms with Crippen molar-refractivity contribution in [1.82, 2.24) is 4.90 Å². The number of carbonyl (C=O) groups is 1. The largest absolute Gasteiger partial charge is 0.506 e. The molecule has 0 atom stereocenters. The summed E-state index contributed by atoms with van der Waals surface area (Å²) < 4.78 is 5.08. The fraction of sp³-hybridized carbons (Fsp3) is 0.188. The summed E-state index contributed by atoms with van der Waals surface area (Å²) >= 11 is 5.74. The fourth-order valence-electron chi connectivity index (χ4n) is 2.01. The van der Waals surface area contributed by atoms with Gasteiger partial charge in [-0.2, -0.15) is 0 Å². The molecule has 0 aromatic heterocycles. The van der Waals surface area contributed by atoms with Gasteiger partial charge in [-0.05, 0) is 29.8 Å². The van der Waals surface area contributed by atoms with Crippen molar-refractivity contribution < 1.29 is 19.7 Å². The van der Waals surface area contributed by atoms with E-state index in [1.807, 2.05) is 24.3 Å². The average Bonchev–Trinajstić information content (AvgIpc) is 2.53. The van der Waals surface area contributed by atoms with Crippen LogP contribution in [0.2, 0.25) is 5.02 Å². The third-order valence-electron chi connectivity index (χ3n) is 3.25. The quantitative estimate of drug-likeness (QED) is 0.908. The number of methoxy groups -OCH3 is 1. The highest BCUT2D eigenvalue weighted by molar-refractivity contribution is 6.34. The zero-order valence-electron chi connectivity index (χ0n) is 12.2. The Morgan fingerprint density at radius 3 is 2.41 bits per heavy atom. The molecule has 22 heavy (non-hydrogen) atoms. The number of phenols is 2. The molecule has 2 rings (SSSR count). The van der Waals surface area contributed by atoms with E-state index in [4.69, 9.17) is 16.3 Å².